The van der Waals surface area contributed by atoms with Gasteiger partial charge in [0, 0.05) is 5.69 Å². The predicted octanol–water partition coefficient (Wildman–Crippen LogP) is 1.69. The maximum atomic E-state index is 11.7. The van der Waals surface area contributed by atoms with Crippen LogP contribution in [0.15, 0.2) is 24.3 Å². The number of alkyl halides is 3. The molecule has 0 saturated carbocycles. The Morgan fingerprint density at radius 2 is 1.88 bits per heavy atom. The van der Waals surface area contributed by atoms with Crippen molar-refractivity contribution in [3.05, 3.63) is 29.8 Å². The quantitative estimate of drug-likeness (QED) is 0.474. The highest BCUT2D eigenvalue weighted by atomic mass is 19.4. The number of anilines is 1. The topological polar surface area (TPSA) is 64.3 Å². The van der Waals surface area contributed by atoms with Gasteiger partial charge >= 0.3 is 12.1 Å². The molecule has 0 saturated heterocycles. The lowest BCUT2D eigenvalue weighted by molar-refractivity contribution is -0.161. The van der Waals surface area contributed by atoms with Crippen LogP contribution in [0.5, 0.6) is 0 Å². The zero-order valence-electron chi connectivity index (χ0n) is 8.04. The highest BCUT2D eigenvalue weighted by Gasteiger charge is 2.29. The second-order valence-electron chi connectivity index (χ2n) is 2.91. The zero-order chi connectivity index (χ0) is 12.2. The highest BCUT2D eigenvalue weighted by molar-refractivity contribution is 5.89. The van der Waals surface area contributed by atoms with Gasteiger partial charge in [0.15, 0.2) is 6.61 Å². The van der Waals surface area contributed by atoms with E-state index < -0.39 is 18.8 Å². The fraction of sp³-hybridized carbons (Fsp3) is 0.222. The van der Waals surface area contributed by atoms with Crippen molar-refractivity contribution >= 4 is 11.7 Å². The van der Waals surface area contributed by atoms with Crippen molar-refractivity contribution in [3.63, 3.8) is 0 Å². The summed E-state index contributed by atoms with van der Waals surface area (Å²) in [5.41, 5.74) is 2.88. The van der Waals surface area contributed by atoms with Crippen LogP contribution in [0, 0.1) is 0 Å². The van der Waals surface area contributed by atoms with Crippen molar-refractivity contribution in [2.24, 2.45) is 5.84 Å². The first-order valence-corrected chi connectivity index (χ1v) is 4.23. The molecular weight excluding hydrogens is 225 g/mol. The summed E-state index contributed by atoms with van der Waals surface area (Å²) in [6, 6.07) is 5.52. The molecule has 4 nitrogen and oxygen atoms in total. The van der Waals surface area contributed by atoms with Gasteiger partial charge in [-0.25, -0.2) is 4.79 Å². The number of carbonyl (C=O) groups excluding carboxylic acids is 1. The molecule has 0 heterocycles. The van der Waals surface area contributed by atoms with E-state index in [1.54, 1.807) is 0 Å². The van der Waals surface area contributed by atoms with E-state index >= 15 is 0 Å². The van der Waals surface area contributed by atoms with E-state index in [1.165, 1.54) is 24.3 Å². The molecular formula is C9H9F3N2O2. The van der Waals surface area contributed by atoms with E-state index in [0.29, 0.717) is 5.69 Å². The van der Waals surface area contributed by atoms with Crippen LogP contribution in [0.25, 0.3) is 0 Å². The molecule has 0 radical (unpaired) electrons. The number of nitrogens with one attached hydrogen (secondary N) is 1. The number of ether oxygens (including phenoxy) is 1. The minimum absolute atomic E-state index is 0.0308. The Morgan fingerprint density at radius 3 is 2.31 bits per heavy atom. The zero-order valence-corrected chi connectivity index (χ0v) is 8.04. The third-order valence-corrected chi connectivity index (χ3v) is 1.65. The third kappa shape index (κ3) is 3.77. The van der Waals surface area contributed by atoms with Crippen LogP contribution in [0.2, 0.25) is 0 Å². The lowest BCUT2D eigenvalue weighted by atomic mass is 10.2. The standard InChI is InChI=1S/C9H9F3N2O2/c10-9(11,12)5-16-8(15)6-1-3-7(14-13)4-2-6/h1-4,14H,5,13H2. The molecule has 0 aliphatic rings. The average molecular weight is 234 g/mol. The van der Waals surface area contributed by atoms with Crippen molar-refractivity contribution in [1.82, 2.24) is 0 Å². The molecule has 0 unspecified atom stereocenters. The van der Waals surface area contributed by atoms with Crippen molar-refractivity contribution in [2.75, 3.05) is 12.0 Å². The molecule has 7 heteroatoms. The first kappa shape index (κ1) is 12.3. The summed E-state index contributed by atoms with van der Waals surface area (Å²) in [6.07, 6.45) is -4.52. The summed E-state index contributed by atoms with van der Waals surface area (Å²) in [4.78, 5) is 11.1. The summed E-state index contributed by atoms with van der Waals surface area (Å²) in [5, 5.41) is 0. The first-order chi connectivity index (χ1) is 7.42. The molecule has 0 aliphatic carbocycles. The van der Waals surface area contributed by atoms with Crippen molar-refractivity contribution in [2.45, 2.75) is 6.18 Å². The van der Waals surface area contributed by atoms with Gasteiger partial charge in [0.25, 0.3) is 0 Å². The molecule has 0 bridgehead atoms. The van der Waals surface area contributed by atoms with Crippen LogP contribution in [0.4, 0.5) is 18.9 Å². The summed E-state index contributed by atoms with van der Waals surface area (Å²) in [6.45, 7) is -1.59. The Kier molecular flexibility index (Phi) is 3.73. The average Bonchev–Trinajstić information content (AvgIpc) is 2.25. The number of rotatable bonds is 3. The Labute approximate surface area is 89.2 Å². The molecule has 16 heavy (non-hydrogen) atoms. The lowest BCUT2D eigenvalue weighted by Crippen LogP contribution is -2.20. The van der Waals surface area contributed by atoms with Gasteiger partial charge in [0.1, 0.15) is 0 Å². The fourth-order valence-corrected chi connectivity index (χ4v) is 0.933. The molecule has 1 rings (SSSR count). The Morgan fingerprint density at radius 1 is 1.31 bits per heavy atom. The van der Waals surface area contributed by atoms with Crippen molar-refractivity contribution < 1.29 is 22.7 Å². The molecule has 0 aromatic heterocycles. The van der Waals surface area contributed by atoms with Gasteiger partial charge in [-0.1, -0.05) is 0 Å². The molecule has 0 amide bonds. The molecule has 0 aliphatic heterocycles. The van der Waals surface area contributed by atoms with Gasteiger partial charge < -0.3 is 10.2 Å². The SMILES string of the molecule is NNc1ccc(C(=O)OCC(F)(F)F)cc1. The van der Waals surface area contributed by atoms with Crippen LogP contribution < -0.4 is 11.3 Å². The third-order valence-electron chi connectivity index (χ3n) is 1.65. The van der Waals surface area contributed by atoms with Crippen molar-refractivity contribution in [3.8, 4) is 0 Å². The molecule has 88 valence electrons. The molecule has 0 atom stereocenters. The number of benzene rings is 1. The number of hydrazine groups is 1. The van der Waals surface area contributed by atoms with E-state index in [4.69, 9.17) is 5.84 Å². The van der Waals surface area contributed by atoms with Gasteiger partial charge in [-0.3, -0.25) is 5.84 Å². The minimum Gasteiger partial charge on any atom is -0.452 e. The largest absolute Gasteiger partial charge is 0.452 e. The van der Waals surface area contributed by atoms with Crippen LogP contribution in [-0.4, -0.2) is 18.8 Å². The van der Waals surface area contributed by atoms with Gasteiger partial charge in [-0.05, 0) is 24.3 Å². The van der Waals surface area contributed by atoms with Crippen molar-refractivity contribution in [1.29, 1.82) is 0 Å². The molecule has 1 aromatic rings. The predicted molar refractivity (Wildman–Crippen MR) is 50.6 cm³/mol. The second-order valence-corrected chi connectivity index (χ2v) is 2.91. The minimum atomic E-state index is -4.52. The van der Waals surface area contributed by atoms with E-state index in [9.17, 15) is 18.0 Å². The molecule has 0 fully saturated rings. The number of nitrogens with two attached hydrogens (primary N) is 1. The molecule has 0 spiro atoms. The first-order valence-electron chi connectivity index (χ1n) is 4.23. The second kappa shape index (κ2) is 4.84. The van der Waals surface area contributed by atoms with E-state index in [2.05, 4.69) is 10.2 Å². The number of carbonyl (C=O) groups is 1. The van der Waals surface area contributed by atoms with Gasteiger partial charge in [-0.15, -0.1) is 0 Å². The van der Waals surface area contributed by atoms with Gasteiger partial charge in [0.2, 0.25) is 0 Å². The summed E-state index contributed by atoms with van der Waals surface area (Å²) < 4.78 is 39.3. The Hall–Kier alpha value is -1.76. The van der Waals surface area contributed by atoms with Crippen LogP contribution in [-0.2, 0) is 4.74 Å². The summed E-state index contributed by atoms with van der Waals surface area (Å²) in [5.74, 6) is 4.05. The Balaban J connectivity index is 2.59. The van der Waals surface area contributed by atoms with E-state index in [1.807, 2.05) is 0 Å². The van der Waals surface area contributed by atoms with E-state index in [0.717, 1.165) is 0 Å². The Bertz CT molecular complexity index is 362. The number of nitrogen functional groups attached to an aromatic ring is 1. The van der Waals surface area contributed by atoms with Crippen LogP contribution >= 0.6 is 0 Å². The number of halogens is 3. The van der Waals surface area contributed by atoms with Crippen LogP contribution in [0.3, 0.4) is 0 Å². The number of hydrogen-bond donors (Lipinski definition) is 2. The lowest BCUT2D eigenvalue weighted by Gasteiger charge is -2.08. The molecule has 3 N–H and O–H groups in total. The smallest absolute Gasteiger partial charge is 0.422 e. The molecule has 1 aromatic carbocycles. The fourth-order valence-electron chi connectivity index (χ4n) is 0.933. The van der Waals surface area contributed by atoms with Gasteiger partial charge in [-0.2, -0.15) is 13.2 Å². The van der Waals surface area contributed by atoms with Gasteiger partial charge in [0.05, 0.1) is 5.56 Å². The maximum absolute atomic E-state index is 11.7. The highest BCUT2D eigenvalue weighted by Crippen LogP contribution is 2.16. The normalized spacial score (nSPS) is 11.0. The monoisotopic (exact) mass is 234 g/mol. The summed E-state index contributed by atoms with van der Waals surface area (Å²) >= 11 is 0. The van der Waals surface area contributed by atoms with Crippen LogP contribution in [0.1, 0.15) is 10.4 Å². The number of esters is 1. The summed E-state index contributed by atoms with van der Waals surface area (Å²) in [7, 11) is 0. The number of hydrogen-bond acceptors (Lipinski definition) is 4. The van der Waals surface area contributed by atoms with E-state index in [-0.39, 0.29) is 5.56 Å². The maximum Gasteiger partial charge on any atom is 0.422 e.